The maximum absolute atomic E-state index is 13.1. The third kappa shape index (κ3) is 6.40. The third-order valence-corrected chi connectivity index (χ3v) is 6.00. The van der Waals surface area contributed by atoms with Gasteiger partial charge in [-0.3, -0.25) is 9.69 Å². The maximum atomic E-state index is 13.1. The normalized spacial score (nSPS) is 21.4. The second-order valence-corrected chi connectivity index (χ2v) is 8.47. The molecule has 168 valence electrons. The van der Waals surface area contributed by atoms with Crippen molar-refractivity contribution < 1.29 is 23.8 Å². The van der Waals surface area contributed by atoms with Crippen molar-refractivity contribution in [2.75, 3.05) is 39.4 Å². The van der Waals surface area contributed by atoms with Crippen LogP contribution >= 0.6 is 0 Å². The van der Waals surface area contributed by atoms with Crippen LogP contribution in [-0.2, 0) is 34.0 Å². The zero-order valence-corrected chi connectivity index (χ0v) is 17.9. The smallest absolute Gasteiger partial charge is 0.236 e. The molecular weight excluding hydrogens is 396 g/mol. The number of hydrogen-bond acceptors (Lipinski definition) is 6. The molecule has 1 aromatic heterocycles. The molecule has 3 heterocycles. The van der Waals surface area contributed by atoms with Crippen LogP contribution in [0, 0.1) is 5.92 Å². The van der Waals surface area contributed by atoms with E-state index in [1.807, 2.05) is 29.2 Å². The Morgan fingerprint density at radius 1 is 1.03 bits per heavy atom. The highest BCUT2D eigenvalue weighted by Gasteiger charge is 2.30. The van der Waals surface area contributed by atoms with Crippen LogP contribution < -0.4 is 0 Å². The third-order valence-electron chi connectivity index (χ3n) is 6.00. The summed E-state index contributed by atoms with van der Waals surface area (Å²) in [6.45, 7) is 4.81. The number of carbonyl (C=O) groups is 1. The minimum atomic E-state index is -0.124. The second kappa shape index (κ2) is 10.9. The minimum Gasteiger partial charge on any atom is -0.462 e. The Hall–Kier alpha value is -2.19. The van der Waals surface area contributed by atoms with E-state index in [-0.39, 0.29) is 18.6 Å². The van der Waals surface area contributed by atoms with Crippen LogP contribution in [0.5, 0.6) is 0 Å². The fourth-order valence-corrected chi connectivity index (χ4v) is 4.29. The summed E-state index contributed by atoms with van der Waals surface area (Å²) in [6, 6.07) is 13.8. The van der Waals surface area contributed by atoms with Gasteiger partial charge in [-0.25, -0.2) is 0 Å². The summed E-state index contributed by atoms with van der Waals surface area (Å²) < 4.78 is 17.4. The van der Waals surface area contributed by atoms with Crippen molar-refractivity contribution in [1.82, 2.24) is 9.80 Å². The van der Waals surface area contributed by atoms with Crippen molar-refractivity contribution in [2.45, 2.75) is 38.7 Å². The van der Waals surface area contributed by atoms with Gasteiger partial charge in [0.25, 0.3) is 0 Å². The Balaban J connectivity index is 1.43. The Morgan fingerprint density at radius 2 is 1.81 bits per heavy atom. The van der Waals surface area contributed by atoms with E-state index in [1.165, 1.54) is 0 Å². The molecule has 4 rings (SSSR count). The van der Waals surface area contributed by atoms with Crippen LogP contribution in [0.4, 0.5) is 0 Å². The summed E-state index contributed by atoms with van der Waals surface area (Å²) in [4.78, 5) is 17.2. The van der Waals surface area contributed by atoms with Gasteiger partial charge in [0.1, 0.15) is 18.1 Å². The predicted octanol–water partition coefficient (Wildman–Crippen LogP) is 2.43. The lowest BCUT2D eigenvalue weighted by Gasteiger charge is -2.30. The molecule has 2 saturated heterocycles. The van der Waals surface area contributed by atoms with Gasteiger partial charge in [-0.15, -0.1) is 0 Å². The highest BCUT2D eigenvalue weighted by molar-refractivity contribution is 5.78. The van der Waals surface area contributed by atoms with E-state index in [4.69, 9.17) is 13.9 Å². The van der Waals surface area contributed by atoms with Gasteiger partial charge in [0.2, 0.25) is 5.91 Å². The summed E-state index contributed by atoms with van der Waals surface area (Å²) in [5, 5.41) is 9.26. The van der Waals surface area contributed by atoms with Gasteiger partial charge in [0.15, 0.2) is 0 Å². The quantitative estimate of drug-likeness (QED) is 0.696. The van der Waals surface area contributed by atoms with E-state index in [2.05, 4.69) is 17.0 Å². The first-order chi connectivity index (χ1) is 15.2. The molecule has 7 heteroatoms. The van der Waals surface area contributed by atoms with Crippen LogP contribution in [-0.4, -0.2) is 66.3 Å². The van der Waals surface area contributed by atoms with Gasteiger partial charge in [0, 0.05) is 32.8 Å². The fraction of sp³-hybridized carbons (Fsp3) is 0.542. The number of ether oxygens (including phenoxy) is 2. The number of hydrogen-bond donors (Lipinski definition) is 1. The molecule has 0 bridgehead atoms. The molecule has 2 fully saturated rings. The first-order valence-electron chi connectivity index (χ1n) is 11.1. The molecular formula is C24H32N2O5. The number of furan rings is 1. The van der Waals surface area contributed by atoms with Gasteiger partial charge in [0.05, 0.1) is 25.8 Å². The van der Waals surface area contributed by atoms with E-state index in [9.17, 15) is 9.90 Å². The SMILES string of the molecule is O=C1CN(Cc2ccc(CO)o2)CC(OCc2ccccc2)CN1CC1CCOCC1. The number of nitrogens with zero attached hydrogens (tertiary/aromatic N) is 2. The van der Waals surface area contributed by atoms with Gasteiger partial charge < -0.3 is 23.9 Å². The number of amides is 1. The van der Waals surface area contributed by atoms with Crippen LogP contribution in [0.1, 0.15) is 29.9 Å². The number of rotatable bonds is 8. The molecule has 0 spiro atoms. The second-order valence-electron chi connectivity index (χ2n) is 8.47. The highest BCUT2D eigenvalue weighted by atomic mass is 16.5. The molecule has 1 aromatic carbocycles. The zero-order chi connectivity index (χ0) is 21.5. The first kappa shape index (κ1) is 22.0. The molecule has 0 radical (unpaired) electrons. The number of carbonyl (C=O) groups excluding carboxylic acids is 1. The van der Waals surface area contributed by atoms with Crippen molar-refractivity contribution in [2.24, 2.45) is 5.92 Å². The standard InChI is InChI=1S/C24H32N2O5/c27-17-22-7-6-21(31-22)13-25-14-23(30-18-20-4-2-1-3-5-20)15-26(24(28)16-25)12-19-8-10-29-11-9-19/h1-7,19,23,27H,8-18H2. The molecule has 2 aliphatic heterocycles. The fourth-order valence-electron chi connectivity index (χ4n) is 4.29. The monoisotopic (exact) mass is 428 g/mol. The number of benzene rings is 1. The largest absolute Gasteiger partial charge is 0.462 e. The molecule has 1 unspecified atom stereocenters. The van der Waals surface area contributed by atoms with Crippen molar-refractivity contribution in [3.8, 4) is 0 Å². The summed E-state index contributed by atoms with van der Waals surface area (Å²) in [5.74, 6) is 1.90. The lowest BCUT2D eigenvalue weighted by Crippen LogP contribution is -2.42. The van der Waals surface area contributed by atoms with Crippen LogP contribution in [0.2, 0.25) is 0 Å². The van der Waals surface area contributed by atoms with E-state index < -0.39 is 0 Å². The van der Waals surface area contributed by atoms with E-state index in [0.717, 1.165) is 43.9 Å². The minimum absolute atomic E-state index is 0.0845. The molecule has 0 saturated carbocycles. The van der Waals surface area contributed by atoms with Crippen LogP contribution in [0.3, 0.4) is 0 Å². The van der Waals surface area contributed by atoms with E-state index in [0.29, 0.717) is 44.5 Å². The van der Waals surface area contributed by atoms with Crippen molar-refractivity contribution in [3.05, 3.63) is 59.5 Å². The molecule has 2 aliphatic rings. The molecule has 0 aliphatic carbocycles. The van der Waals surface area contributed by atoms with Crippen molar-refractivity contribution >= 4 is 5.91 Å². The Kier molecular flexibility index (Phi) is 7.75. The van der Waals surface area contributed by atoms with Gasteiger partial charge in [-0.1, -0.05) is 30.3 Å². The Morgan fingerprint density at radius 3 is 2.55 bits per heavy atom. The summed E-state index contributed by atoms with van der Waals surface area (Å²) in [6.07, 6.45) is 1.91. The molecule has 1 amide bonds. The predicted molar refractivity (Wildman–Crippen MR) is 115 cm³/mol. The number of aliphatic hydroxyl groups is 1. The molecule has 1 atom stereocenters. The van der Waals surface area contributed by atoms with Gasteiger partial charge in [-0.05, 0) is 36.5 Å². The lowest BCUT2D eigenvalue weighted by atomic mass is 9.99. The van der Waals surface area contributed by atoms with Gasteiger partial charge >= 0.3 is 0 Å². The summed E-state index contributed by atoms with van der Waals surface area (Å²) in [7, 11) is 0. The molecule has 1 N–H and O–H groups in total. The van der Waals surface area contributed by atoms with Crippen molar-refractivity contribution in [3.63, 3.8) is 0 Å². The first-order valence-corrected chi connectivity index (χ1v) is 11.1. The topological polar surface area (TPSA) is 75.4 Å². The van der Waals surface area contributed by atoms with Crippen LogP contribution in [0.15, 0.2) is 46.9 Å². The lowest BCUT2D eigenvalue weighted by molar-refractivity contribution is -0.133. The Labute approximate surface area is 183 Å². The summed E-state index contributed by atoms with van der Waals surface area (Å²) in [5.41, 5.74) is 1.12. The van der Waals surface area contributed by atoms with E-state index >= 15 is 0 Å². The highest BCUT2D eigenvalue weighted by Crippen LogP contribution is 2.20. The maximum Gasteiger partial charge on any atom is 0.236 e. The molecule has 2 aromatic rings. The van der Waals surface area contributed by atoms with Gasteiger partial charge in [-0.2, -0.15) is 0 Å². The van der Waals surface area contributed by atoms with Crippen molar-refractivity contribution in [1.29, 1.82) is 0 Å². The zero-order valence-electron chi connectivity index (χ0n) is 17.9. The molecule has 31 heavy (non-hydrogen) atoms. The Bertz CT molecular complexity index is 818. The average Bonchev–Trinajstić information content (AvgIpc) is 3.19. The number of aliphatic hydroxyl groups excluding tert-OH is 1. The molecule has 7 nitrogen and oxygen atoms in total. The average molecular weight is 429 g/mol. The summed E-state index contributed by atoms with van der Waals surface area (Å²) >= 11 is 0. The van der Waals surface area contributed by atoms with Crippen LogP contribution in [0.25, 0.3) is 0 Å². The van der Waals surface area contributed by atoms with E-state index in [1.54, 1.807) is 6.07 Å².